The molecule has 0 aromatic heterocycles. The fraction of sp³-hybridized carbons (Fsp3) is 0.250. The number of rotatable bonds is 2. The van der Waals surface area contributed by atoms with Crippen molar-refractivity contribution in [2.45, 2.75) is 0 Å². The van der Waals surface area contributed by atoms with E-state index in [-0.39, 0.29) is 0 Å². The van der Waals surface area contributed by atoms with Crippen LogP contribution in [0.15, 0.2) is 12.3 Å². The molecule has 0 atom stereocenters. The molecule has 0 fully saturated rings. The fourth-order valence-corrected chi connectivity index (χ4v) is 0.104. The predicted molar refractivity (Wildman–Crippen MR) is 21.6 cm³/mol. The van der Waals surface area contributed by atoms with Crippen molar-refractivity contribution >= 4 is 0 Å². The van der Waals surface area contributed by atoms with Gasteiger partial charge in [0.05, 0.1) is 6.26 Å². The molecule has 0 rings (SSSR count). The average Bonchev–Trinajstić information content (AvgIpc) is 1.61. The largest absolute Gasteiger partial charge is 0.498 e. The van der Waals surface area contributed by atoms with Crippen molar-refractivity contribution in [1.82, 2.24) is 0 Å². The van der Waals surface area contributed by atoms with Crippen molar-refractivity contribution < 1.29 is 9.13 Å². The van der Waals surface area contributed by atoms with E-state index >= 15 is 0 Å². The molecule has 1 radical (unpaired) electrons. The Morgan fingerprint density at radius 2 is 2.50 bits per heavy atom. The van der Waals surface area contributed by atoms with Crippen LogP contribution in [0.1, 0.15) is 0 Å². The van der Waals surface area contributed by atoms with Crippen LogP contribution in [0.5, 0.6) is 0 Å². The lowest BCUT2D eigenvalue weighted by atomic mass is 10.7. The second-order valence-electron chi connectivity index (χ2n) is 0.693. The summed E-state index contributed by atoms with van der Waals surface area (Å²) in [5.41, 5.74) is 0. The normalized spacial score (nSPS) is 9.67. The number of hydrogen-bond donors (Lipinski definition) is 0. The molecule has 35 valence electrons. The molecule has 0 amide bonds. The average molecular weight is 89.1 g/mol. The van der Waals surface area contributed by atoms with E-state index in [0.717, 1.165) is 0 Å². The third-order valence-corrected chi connectivity index (χ3v) is 0.282. The molecule has 1 nitrogen and oxygen atoms in total. The second kappa shape index (κ2) is 4.47. The summed E-state index contributed by atoms with van der Waals surface area (Å²) in [6, 6.07) is 0. The molecule has 0 saturated heterocycles. The van der Waals surface area contributed by atoms with Gasteiger partial charge in [-0.25, -0.2) is 4.39 Å². The van der Waals surface area contributed by atoms with Crippen molar-refractivity contribution in [3.8, 4) is 0 Å². The van der Waals surface area contributed by atoms with Gasteiger partial charge in [-0.1, -0.05) is 0 Å². The number of hydrogen-bond acceptors (Lipinski definition) is 1. The van der Waals surface area contributed by atoms with Crippen LogP contribution in [-0.2, 0) is 4.74 Å². The van der Waals surface area contributed by atoms with Crippen molar-refractivity contribution in [3.63, 3.8) is 0 Å². The first-order chi connectivity index (χ1) is 2.91. The Morgan fingerprint density at radius 3 is 2.67 bits per heavy atom. The fourth-order valence-electron chi connectivity index (χ4n) is 0.104. The maximum absolute atomic E-state index is 11.0. The van der Waals surface area contributed by atoms with Crippen LogP contribution in [0.4, 0.5) is 4.39 Å². The van der Waals surface area contributed by atoms with Crippen LogP contribution < -0.4 is 0 Å². The van der Waals surface area contributed by atoms with Crippen LogP contribution in [0, 0.1) is 7.11 Å². The molecule has 2 heteroatoms. The monoisotopic (exact) mass is 89.0 g/mol. The number of halogens is 1. The highest BCUT2D eigenvalue weighted by Gasteiger charge is 1.62. The predicted octanol–water partition coefficient (Wildman–Crippen LogP) is 1.28. The Kier molecular flexibility index (Phi) is 4.08. The quantitative estimate of drug-likeness (QED) is 0.463. The highest BCUT2D eigenvalue weighted by atomic mass is 19.1. The summed E-state index contributed by atoms with van der Waals surface area (Å²) in [6.45, 7) is -0.491. The van der Waals surface area contributed by atoms with E-state index in [1.807, 2.05) is 0 Å². The molecule has 0 N–H and O–H groups in total. The Hall–Kier alpha value is -0.530. The topological polar surface area (TPSA) is 9.23 Å². The van der Waals surface area contributed by atoms with Gasteiger partial charge in [0.2, 0.25) is 0 Å². The van der Waals surface area contributed by atoms with Gasteiger partial charge in [-0.15, -0.1) is 0 Å². The standard InChI is InChI=1S/C4H6FO/c1-6-4-2-3-5/h2,4H,1,3H2/b4-2-. The van der Waals surface area contributed by atoms with Gasteiger partial charge in [0.25, 0.3) is 0 Å². The van der Waals surface area contributed by atoms with Gasteiger partial charge >= 0.3 is 0 Å². The lowest BCUT2D eigenvalue weighted by molar-refractivity contribution is 0.389. The number of ether oxygens (including phenoxy) is 1. The van der Waals surface area contributed by atoms with Gasteiger partial charge in [0, 0.05) is 0 Å². The smallest absolute Gasteiger partial charge is 0.121 e. The van der Waals surface area contributed by atoms with E-state index in [1.54, 1.807) is 0 Å². The number of alkyl halides is 1. The van der Waals surface area contributed by atoms with Gasteiger partial charge in [0.15, 0.2) is 0 Å². The van der Waals surface area contributed by atoms with Crippen molar-refractivity contribution in [2.24, 2.45) is 0 Å². The zero-order chi connectivity index (χ0) is 4.83. The summed E-state index contributed by atoms with van der Waals surface area (Å²) in [5.74, 6) is 0. The van der Waals surface area contributed by atoms with E-state index in [9.17, 15) is 4.39 Å². The summed E-state index contributed by atoms with van der Waals surface area (Å²) < 4.78 is 15.1. The zero-order valence-corrected chi connectivity index (χ0v) is 3.36. The van der Waals surface area contributed by atoms with Gasteiger partial charge < -0.3 is 4.74 Å². The molecule has 0 heterocycles. The first-order valence-electron chi connectivity index (χ1n) is 1.53. The van der Waals surface area contributed by atoms with E-state index in [4.69, 9.17) is 0 Å². The van der Waals surface area contributed by atoms with Crippen molar-refractivity contribution in [1.29, 1.82) is 0 Å². The van der Waals surface area contributed by atoms with Gasteiger partial charge in [-0.05, 0) is 6.08 Å². The minimum Gasteiger partial charge on any atom is -0.498 e. The van der Waals surface area contributed by atoms with E-state index < -0.39 is 6.67 Å². The van der Waals surface area contributed by atoms with Crippen LogP contribution in [-0.4, -0.2) is 6.67 Å². The molecule has 0 bridgehead atoms. The summed E-state index contributed by atoms with van der Waals surface area (Å²) in [6.07, 6.45) is 2.42. The maximum Gasteiger partial charge on any atom is 0.121 e. The third-order valence-electron chi connectivity index (χ3n) is 0.282. The van der Waals surface area contributed by atoms with E-state index in [0.29, 0.717) is 0 Å². The van der Waals surface area contributed by atoms with Gasteiger partial charge in [0.1, 0.15) is 13.8 Å². The Labute approximate surface area is 36.4 Å². The minimum absolute atomic E-state index is 0.491. The van der Waals surface area contributed by atoms with Crippen LogP contribution >= 0.6 is 0 Å². The molecule has 0 spiro atoms. The SMILES string of the molecule is [CH2]O/C=C\CF. The molecule has 0 aliphatic heterocycles. The van der Waals surface area contributed by atoms with Crippen molar-refractivity contribution in [2.75, 3.05) is 6.67 Å². The minimum atomic E-state index is -0.491. The Bertz CT molecular complexity index is 36.8. The zero-order valence-electron chi connectivity index (χ0n) is 3.36. The molecular weight excluding hydrogens is 83.0 g/mol. The van der Waals surface area contributed by atoms with Gasteiger partial charge in [-0.2, -0.15) is 0 Å². The van der Waals surface area contributed by atoms with Crippen LogP contribution in [0.25, 0.3) is 0 Å². The molecule has 0 saturated carbocycles. The molecule has 6 heavy (non-hydrogen) atoms. The second-order valence-corrected chi connectivity index (χ2v) is 0.693. The third kappa shape index (κ3) is 3.47. The first-order valence-corrected chi connectivity index (χ1v) is 1.53. The molecular formula is C4H6FO. The van der Waals surface area contributed by atoms with Crippen molar-refractivity contribution in [3.05, 3.63) is 19.4 Å². The summed E-state index contributed by atoms with van der Waals surface area (Å²) in [4.78, 5) is 0. The lowest BCUT2D eigenvalue weighted by Gasteiger charge is -1.78. The summed E-state index contributed by atoms with van der Waals surface area (Å²) in [5, 5.41) is 0. The molecule has 0 aliphatic rings. The molecule has 0 unspecified atom stereocenters. The summed E-state index contributed by atoms with van der Waals surface area (Å²) in [7, 11) is 2.97. The van der Waals surface area contributed by atoms with E-state index in [2.05, 4.69) is 11.8 Å². The number of allylic oxidation sites excluding steroid dienone is 1. The highest BCUT2D eigenvalue weighted by Crippen LogP contribution is 1.72. The molecule has 0 aromatic rings. The van der Waals surface area contributed by atoms with Crippen LogP contribution in [0.3, 0.4) is 0 Å². The van der Waals surface area contributed by atoms with Gasteiger partial charge in [-0.3, -0.25) is 0 Å². The highest BCUT2D eigenvalue weighted by molar-refractivity contribution is 4.70. The van der Waals surface area contributed by atoms with E-state index in [1.165, 1.54) is 12.3 Å². The van der Waals surface area contributed by atoms with Crippen LogP contribution in [0.2, 0.25) is 0 Å². The molecule has 0 aliphatic carbocycles. The molecule has 0 aromatic carbocycles. The first kappa shape index (κ1) is 5.47. The summed E-state index contributed by atoms with van der Waals surface area (Å²) >= 11 is 0. The lowest BCUT2D eigenvalue weighted by Crippen LogP contribution is -1.62. The Balaban J connectivity index is 2.73. The Morgan fingerprint density at radius 1 is 1.83 bits per heavy atom. The maximum atomic E-state index is 11.0.